The number of nitrogens with one attached hydrogen (secondary N) is 1. The van der Waals surface area contributed by atoms with Crippen molar-refractivity contribution in [2.45, 2.75) is 18.4 Å². The molecular weight excluding hydrogens is 476 g/mol. The molecule has 6 nitrogen and oxygen atoms in total. The lowest BCUT2D eigenvalue weighted by Crippen LogP contribution is -2.43. The van der Waals surface area contributed by atoms with Crippen molar-refractivity contribution in [3.8, 4) is 5.75 Å². The zero-order valence-corrected chi connectivity index (χ0v) is 19.1. The van der Waals surface area contributed by atoms with E-state index in [-0.39, 0.29) is 11.6 Å². The molecule has 0 aliphatic carbocycles. The van der Waals surface area contributed by atoms with Gasteiger partial charge in [0.05, 0.1) is 5.88 Å². The van der Waals surface area contributed by atoms with Crippen molar-refractivity contribution in [3.05, 3.63) is 56.2 Å². The van der Waals surface area contributed by atoms with E-state index in [1.807, 2.05) is 17.5 Å². The number of hydrogen-bond donors (Lipinski definition) is 1. The summed E-state index contributed by atoms with van der Waals surface area (Å²) in [6.45, 7) is 2.39. The van der Waals surface area contributed by atoms with Crippen LogP contribution in [0.25, 0.3) is 4.96 Å². The summed E-state index contributed by atoms with van der Waals surface area (Å²) in [6.07, 6.45) is 2.71. The minimum absolute atomic E-state index is 0.0907. The molecule has 0 radical (unpaired) electrons. The number of rotatable bonds is 6. The Morgan fingerprint density at radius 1 is 1.34 bits per heavy atom. The van der Waals surface area contributed by atoms with Crippen LogP contribution in [0.15, 0.2) is 45.1 Å². The molecule has 1 N–H and O–H groups in total. The summed E-state index contributed by atoms with van der Waals surface area (Å²) in [5, 5.41) is 5.36. The summed E-state index contributed by atoms with van der Waals surface area (Å²) in [5.41, 5.74) is 1.19. The number of likely N-dealkylation sites (N-methyl/N-ethyl adjacent to an activating group) is 1. The maximum Gasteiger partial charge on any atom is 0.275 e. The second-order valence-corrected chi connectivity index (χ2v) is 9.28. The minimum atomic E-state index is -0.0907. The summed E-state index contributed by atoms with van der Waals surface area (Å²) >= 11 is 10.6. The highest BCUT2D eigenvalue weighted by Crippen LogP contribution is 2.30. The molecule has 154 valence electrons. The van der Waals surface area contributed by atoms with Crippen LogP contribution in [0.1, 0.15) is 17.9 Å². The molecule has 1 aromatic carbocycles. The Kier molecular flexibility index (Phi) is 6.44. The molecule has 9 heteroatoms. The molecule has 1 fully saturated rings. The Balaban J connectivity index is 1.51. The van der Waals surface area contributed by atoms with Gasteiger partial charge in [-0.2, -0.15) is 0 Å². The number of halogens is 2. The van der Waals surface area contributed by atoms with Crippen molar-refractivity contribution in [1.82, 2.24) is 14.3 Å². The average molecular weight is 498 g/mol. The van der Waals surface area contributed by atoms with Crippen molar-refractivity contribution in [2.24, 2.45) is 0 Å². The first kappa shape index (κ1) is 20.7. The van der Waals surface area contributed by atoms with Gasteiger partial charge < -0.3 is 15.0 Å². The first-order valence-corrected chi connectivity index (χ1v) is 11.6. The van der Waals surface area contributed by atoms with E-state index in [2.05, 4.69) is 50.3 Å². The lowest BCUT2D eigenvalue weighted by molar-refractivity contribution is 0.235. The molecule has 0 bridgehead atoms. The number of aromatic nitrogens is 2. The maximum absolute atomic E-state index is 12.5. The number of alkyl halides is 1. The van der Waals surface area contributed by atoms with E-state index < -0.39 is 0 Å². The van der Waals surface area contributed by atoms with Crippen LogP contribution in [0.2, 0.25) is 0 Å². The van der Waals surface area contributed by atoms with Gasteiger partial charge in [0.2, 0.25) is 0 Å². The van der Waals surface area contributed by atoms with E-state index in [1.165, 1.54) is 16.9 Å². The van der Waals surface area contributed by atoms with Crippen LogP contribution in [0.4, 0.5) is 5.82 Å². The monoisotopic (exact) mass is 496 g/mol. The summed E-state index contributed by atoms with van der Waals surface area (Å²) in [5.74, 6) is 2.32. The van der Waals surface area contributed by atoms with Gasteiger partial charge in [-0.1, -0.05) is 12.1 Å². The first-order valence-electron chi connectivity index (χ1n) is 9.44. The molecule has 1 saturated heterocycles. The average Bonchev–Trinajstić information content (AvgIpc) is 3.19. The van der Waals surface area contributed by atoms with Crippen LogP contribution < -0.4 is 15.6 Å². The Hall–Kier alpha value is -1.61. The van der Waals surface area contributed by atoms with Gasteiger partial charge in [-0.3, -0.25) is 9.20 Å². The van der Waals surface area contributed by atoms with Gasteiger partial charge >= 0.3 is 0 Å². The molecule has 1 aliphatic rings. The molecular formula is C20H22BrClN4O2S. The van der Waals surface area contributed by atoms with Crippen LogP contribution in [-0.4, -0.2) is 53.0 Å². The third kappa shape index (κ3) is 4.60. The normalized spacial score (nSPS) is 20.1. The molecule has 29 heavy (non-hydrogen) atoms. The molecule has 2 aromatic heterocycles. The minimum Gasteiger partial charge on any atom is -0.492 e. The highest BCUT2D eigenvalue weighted by molar-refractivity contribution is 9.10. The summed E-state index contributed by atoms with van der Waals surface area (Å²) < 4.78 is 7.60. The van der Waals surface area contributed by atoms with Gasteiger partial charge in [0, 0.05) is 30.7 Å². The zero-order valence-electron chi connectivity index (χ0n) is 16.0. The number of ether oxygens (including phenoxy) is 1. The maximum atomic E-state index is 12.5. The van der Waals surface area contributed by atoms with Gasteiger partial charge in [0.15, 0.2) is 4.96 Å². The van der Waals surface area contributed by atoms with Crippen molar-refractivity contribution in [3.63, 3.8) is 0 Å². The van der Waals surface area contributed by atoms with E-state index in [9.17, 15) is 4.79 Å². The van der Waals surface area contributed by atoms with Crippen LogP contribution in [0.5, 0.6) is 5.75 Å². The molecule has 2 atom stereocenters. The lowest BCUT2D eigenvalue weighted by atomic mass is 9.88. The van der Waals surface area contributed by atoms with Gasteiger partial charge in [0.25, 0.3) is 5.56 Å². The SMILES string of the molecule is CN1C[C@H](Nc2nc3sccn3c(=O)c2Br)C[C@H](c2ccc(OCCCl)cc2)C1. The van der Waals surface area contributed by atoms with Crippen molar-refractivity contribution < 1.29 is 4.74 Å². The second kappa shape index (κ2) is 9.04. The van der Waals surface area contributed by atoms with Crippen molar-refractivity contribution >= 4 is 49.6 Å². The molecule has 0 saturated carbocycles. The number of piperidine rings is 1. The highest BCUT2D eigenvalue weighted by atomic mass is 79.9. The van der Waals surface area contributed by atoms with E-state index in [4.69, 9.17) is 16.3 Å². The predicted octanol–water partition coefficient (Wildman–Crippen LogP) is 4.04. The van der Waals surface area contributed by atoms with Crippen LogP contribution in [-0.2, 0) is 0 Å². The van der Waals surface area contributed by atoms with Crippen molar-refractivity contribution in [2.75, 3.05) is 37.9 Å². The quantitative estimate of drug-likeness (QED) is 0.521. The molecule has 3 aromatic rings. The Bertz CT molecular complexity index is 1040. The highest BCUT2D eigenvalue weighted by Gasteiger charge is 2.27. The fourth-order valence-electron chi connectivity index (χ4n) is 3.81. The molecule has 0 amide bonds. The number of benzene rings is 1. The van der Waals surface area contributed by atoms with E-state index in [0.717, 1.165) is 25.3 Å². The summed E-state index contributed by atoms with van der Waals surface area (Å²) in [7, 11) is 2.12. The lowest BCUT2D eigenvalue weighted by Gasteiger charge is -2.36. The zero-order chi connectivity index (χ0) is 20.4. The van der Waals surface area contributed by atoms with Gasteiger partial charge in [0.1, 0.15) is 22.6 Å². The fourth-order valence-corrected chi connectivity index (χ4v) is 4.98. The molecule has 3 heterocycles. The number of hydrogen-bond acceptors (Lipinski definition) is 6. The third-order valence-corrected chi connectivity index (χ3v) is 6.71. The first-order chi connectivity index (χ1) is 14.0. The van der Waals surface area contributed by atoms with Crippen molar-refractivity contribution in [1.29, 1.82) is 0 Å². The Labute approximate surface area is 186 Å². The molecule has 4 rings (SSSR count). The van der Waals surface area contributed by atoms with E-state index in [1.54, 1.807) is 10.6 Å². The Morgan fingerprint density at radius 2 is 2.14 bits per heavy atom. The number of anilines is 1. The van der Waals surface area contributed by atoms with E-state index in [0.29, 0.717) is 33.7 Å². The third-order valence-electron chi connectivity index (χ3n) is 5.08. The van der Waals surface area contributed by atoms with Gasteiger partial charge in [-0.15, -0.1) is 22.9 Å². The topological polar surface area (TPSA) is 58.9 Å². The smallest absolute Gasteiger partial charge is 0.275 e. The number of thiazole rings is 1. The molecule has 0 spiro atoms. The van der Waals surface area contributed by atoms with Crippen LogP contribution in [0, 0.1) is 0 Å². The van der Waals surface area contributed by atoms with Gasteiger partial charge in [-0.05, 0) is 53.0 Å². The number of fused-ring (bicyclic) bond motifs is 1. The number of nitrogens with zero attached hydrogens (tertiary/aromatic N) is 3. The van der Waals surface area contributed by atoms with Gasteiger partial charge in [-0.25, -0.2) is 4.98 Å². The summed E-state index contributed by atoms with van der Waals surface area (Å²) in [4.78, 5) is 20.2. The second-order valence-electron chi connectivity index (χ2n) is 7.24. The fraction of sp³-hybridized carbons (Fsp3) is 0.400. The predicted molar refractivity (Wildman–Crippen MR) is 122 cm³/mol. The van der Waals surface area contributed by atoms with E-state index >= 15 is 0 Å². The largest absolute Gasteiger partial charge is 0.492 e. The Morgan fingerprint density at radius 3 is 2.90 bits per heavy atom. The summed E-state index contributed by atoms with van der Waals surface area (Å²) in [6, 6.07) is 8.45. The van der Waals surface area contributed by atoms with Crippen LogP contribution >= 0.6 is 38.9 Å². The van der Waals surface area contributed by atoms with Crippen LogP contribution in [0.3, 0.4) is 0 Å². The molecule has 1 aliphatic heterocycles. The standard InChI is InChI=1S/C20H22BrClN4O2S/c1-25-11-14(13-2-4-16(5-3-13)28-8-6-22)10-15(12-25)23-18-17(21)19(27)26-7-9-29-20(26)24-18/h2-5,7,9,14-15,23H,6,8,10-12H2,1H3/t14-,15+/m0/s1. The molecule has 0 unspecified atom stereocenters. The number of likely N-dealkylation sites (tertiary alicyclic amines) is 1.